The molecule has 0 radical (unpaired) electrons. The van der Waals surface area contributed by atoms with Crippen LogP contribution >= 0.6 is 0 Å². The molecule has 1 aliphatic rings. The summed E-state index contributed by atoms with van der Waals surface area (Å²) in [6, 6.07) is 19.6. The summed E-state index contributed by atoms with van der Waals surface area (Å²) in [6.45, 7) is 4.92. The van der Waals surface area contributed by atoms with E-state index in [-0.39, 0.29) is 6.04 Å². The number of hydrogen-bond acceptors (Lipinski definition) is 4. The normalized spacial score (nSPS) is 17.5. The maximum Gasteiger partial charge on any atom is 0.137 e. The molecule has 1 unspecified atom stereocenters. The minimum absolute atomic E-state index is 0.172. The van der Waals surface area contributed by atoms with Crippen LogP contribution in [-0.4, -0.2) is 16.5 Å². The van der Waals surface area contributed by atoms with E-state index in [1.165, 1.54) is 22.3 Å². The van der Waals surface area contributed by atoms with Crippen LogP contribution in [0.3, 0.4) is 0 Å². The molecule has 0 saturated carbocycles. The molecule has 1 aliphatic heterocycles. The monoisotopic (exact) mass is 409 g/mol. The molecule has 0 aliphatic carbocycles. The molecule has 5 rings (SSSR count). The Morgan fingerprint density at radius 1 is 1.06 bits per heavy atom. The number of pyridine rings is 1. The summed E-state index contributed by atoms with van der Waals surface area (Å²) >= 11 is 0. The Bertz CT molecular complexity index is 1260. The topological polar surface area (TPSA) is 78.8 Å². The van der Waals surface area contributed by atoms with Crippen molar-refractivity contribution in [2.45, 2.75) is 26.3 Å². The molecule has 0 bridgehead atoms. The van der Waals surface area contributed by atoms with Crippen LogP contribution in [0.1, 0.15) is 36.1 Å². The Morgan fingerprint density at radius 2 is 1.90 bits per heavy atom. The van der Waals surface area contributed by atoms with E-state index in [0.29, 0.717) is 0 Å². The van der Waals surface area contributed by atoms with E-state index >= 15 is 0 Å². The third kappa shape index (κ3) is 3.63. The minimum atomic E-state index is 0.172. The van der Waals surface area contributed by atoms with Crippen LogP contribution in [0.5, 0.6) is 0 Å². The molecule has 2 aromatic carbocycles. The highest BCUT2D eigenvalue weighted by molar-refractivity contribution is 5.93. The Labute approximate surface area is 182 Å². The third-order valence-corrected chi connectivity index (χ3v) is 5.99. The maximum absolute atomic E-state index is 6.26. The van der Waals surface area contributed by atoms with Gasteiger partial charge >= 0.3 is 0 Å². The van der Waals surface area contributed by atoms with Crippen LogP contribution in [0.4, 0.5) is 5.69 Å². The molecule has 5 N–H and O–H groups in total. The van der Waals surface area contributed by atoms with Gasteiger partial charge in [0.25, 0.3) is 0 Å². The van der Waals surface area contributed by atoms with Gasteiger partial charge < -0.3 is 21.4 Å². The molecule has 5 heteroatoms. The number of rotatable bonds is 3. The maximum atomic E-state index is 6.26. The van der Waals surface area contributed by atoms with Crippen LogP contribution in [0.15, 0.2) is 72.7 Å². The van der Waals surface area contributed by atoms with Crippen molar-refractivity contribution in [1.82, 2.24) is 15.3 Å². The standard InChI is InChI=1S/C26H27N5/c1-16-3-6-19(7-4-16)31-24-11-14-28-25(17(2)27)21-8-5-18(15-23(21)24)20-9-12-29-26-22(20)10-13-30-26/h3-10,12-13,15,24,28,31H,11,14,27H2,1-2H3,(H,29,30)/b25-17-. The number of aryl methyl sites for hydroxylation is 1. The van der Waals surface area contributed by atoms with E-state index in [1.807, 2.05) is 19.3 Å². The number of nitrogens with one attached hydrogen (secondary N) is 3. The zero-order valence-electron chi connectivity index (χ0n) is 17.9. The molecule has 0 saturated heterocycles. The molecule has 0 spiro atoms. The lowest BCUT2D eigenvalue weighted by atomic mass is 9.92. The number of H-pyrrole nitrogens is 1. The molecule has 2 aromatic heterocycles. The fraction of sp³-hybridized carbons (Fsp3) is 0.192. The summed E-state index contributed by atoms with van der Waals surface area (Å²) in [5, 5.41) is 8.43. The molecule has 3 heterocycles. The first kappa shape index (κ1) is 19.2. The Morgan fingerprint density at radius 3 is 2.71 bits per heavy atom. The van der Waals surface area contributed by atoms with E-state index in [2.05, 4.69) is 82.1 Å². The number of fused-ring (bicyclic) bond motifs is 2. The molecule has 4 aromatic rings. The van der Waals surface area contributed by atoms with E-state index in [4.69, 9.17) is 5.73 Å². The number of aromatic nitrogens is 2. The Kier molecular flexibility index (Phi) is 4.86. The lowest BCUT2D eigenvalue weighted by Gasteiger charge is -2.22. The van der Waals surface area contributed by atoms with Gasteiger partial charge in [-0.15, -0.1) is 0 Å². The number of nitrogens with two attached hydrogens (primary N) is 1. The Balaban J connectivity index is 1.64. The van der Waals surface area contributed by atoms with E-state index in [0.717, 1.165) is 46.6 Å². The predicted octanol–water partition coefficient (Wildman–Crippen LogP) is 5.33. The Hall–Kier alpha value is -3.73. The summed E-state index contributed by atoms with van der Waals surface area (Å²) in [5.74, 6) is 0. The molecule has 31 heavy (non-hydrogen) atoms. The van der Waals surface area contributed by atoms with Crippen molar-refractivity contribution in [3.63, 3.8) is 0 Å². The second-order valence-corrected chi connectivity index (χ2v) is 8.24. The highest BCUT2D eigenvalue weighted by Gasteiger charge is 2.23. The van der Waals surface area contributed by atoms with Crippen molar-refractivity contribution in [1.29, 1.82) is 0 Å². The van der Waals surface area contributed by atoms with Gasteiger partial charge in [-0.1, -0.05) is 29.8 Å². The molecule has 0 fully saturated rings. The fourth-order valence-electron chi connectivity index (χ4n) is 4.40. The van der Waals surface area contributed by atoms with Crippen LogP contribution < -0.4 is 16.4 Å². The lowest BCUT2D eigenvalue weighted by molar-refractivity contribution is 0.683. The lowest BCUT2D eigenvalue weighted by Crippen LogP contribution is -2.16. The number of nitrogens with zero attached hydrogens (tertiary/aromatic N) is 1. The van der Waals surface area contributed by atoms with Gasteiger partial charge in [0.05, 0.1) is 11.7 Å². The number of benzene rings is 2. The first-order valence-electron chi connectivity index (χ1n) is 10.7. The quantitative estimate of drug-likeness (QED) is 0.369. The highest BCUT2D eigenvalue weighted by atomic mass is 15.0. The van der Waals surface area contributed by atoms with Gasteiger partial charge in [0.1, 0.15) is 5.65 Å². The predicted molar refractivity (Wildman–Crippen MR) is 128 cm³/mol. The smallest absolute Gasteiger partial charge is 0.137 e. The van der Waals surface area contributed by atoms with Gasteiger partial charge in [-0.05, 0) is 67.3 Å². The highest BCUT2D eigenvalue weighted by Crippen LogP contribution is 2.36. The van der Waals surface area contributed by atoms with Gasteiger partial charge in [-0.2, -0.15) is 0 Å². The summed E-state index contributed by atoms with van der Waals surface area (Å²) in [4.78, 5) is 7.65. The summed E-state index contributed by atoms with van der Waals surface area (Å²) in [6.07, 6.45) is 4.75. The molecular formula is C26H27N5. The number of allylic oxidation sites excluding steroid dienone is 1. The second-order valence-electron chi connectivity index (χ2n) is 8.24. The average molecular weight is 410 g/mol. The first-order chi connectivity index (χ1) is 15.1. The van der Waals surface area contributed by atoms with Gasteiger partial charge in [0, 0.05) is 41.3 Å². The summed E-state index contributed by atoms with van der Waals surface area (Å²) < 4.78 is 0. The third-order valence-electron chi connectivity index (χ3n) is 5.99. The van der Waals surface area contributed by atoms with Crippen molar-refractivity contribution >= 4 is 22.4 Å². The number of hydrogen-bond donors (Lipinski definition) is 4. The van der Waals surface area contributed by atoms with E-state index in [1.54, 1.807) is 0 Å². The SMILES string of the molecule is C/C(N)=C1/NCCC(Nc2ccc(C)cc2)c2cc(-c3ccnc4[nH]ccc34)ccc21. The van der Waals surface area contributed by atoms with Crippen LogP contribution in [0.2, 0.25) is 0 Å². The molecule has 5 nitrogen and oxygen atoms in total. The van der Waals surface area contributed by atoms with Gasteiger partial charge in [0.2, 0.25) is 0 Å². The van der Waals surface area contributed by atoms with Gasteiger partial charge in [-0.3, -0.25) is 0 Å². The largest absolute Gasteiger partial charge is 0.401 e. The average Bonchev–Trinajstić information content (AvgIpc) is 3.18. The fourth-order valence-corrected chi connectivity index (χ4v) is 4.40. The van der Waals surface area contributed by atoms with Crippen molar-refractivity contribution in [2.75, 3.05) is 11.9 Å². The van der Waals surface area contributed by atoms with E-state index in [9.17, 15) is 0 Å². The summed E-state index contributed by atoms with van der Waals surface area (Å²) in [7, 11) is 0. The number of anilines is 1. The first-order valence-corrected chi connectivity index (χ1v) is 10.7. The molecule has 156 valence electrons. The van der Waals surface area contributed by atoms with Gasteiger partial charge in [0.15, 0.2) is 0 Å². The van der Waals surface area contributed by atoms with Crippen LogP contribution in [0.25, 0.3) is 27.9 Å². The second kappa shape index (κ2) is 7.84. The molecule has 0 amide bonds. The van der Waals surface area contributed by atoms with Crippen molar-refractivity contribution in [2.24, 2.45) is 5.73 Å². The van der Waals surface area contributed by atoms with Crippen LogP contribution in [-0.2, 0) is 0 Å². The van der Waals surface area contributed by atoms with Crippen molar-refractivity contribution in [3.8, 4) is 11.1 Å². The van der Waals surface area contributed by atoms with Crippen molar-refractivity contribution < 1.29 is 0 Å². The van der Waals surface area contributed by atoms with Gasteiger partial charge in [-0.25, -0.2) is 4.98 Å². The number of aromatic amines is 1. The zero-order chi connectivity index (χ0) is 21.4. The summed E-state index contributed by atoms with van der Waals surface area (Å²) in [5.41, 5.74) is 16.1. The minimum Gasteiger partial charge on any atom is -0.401 e. The van der Waals surface area contributed by atoms with E-state index < -0.39 is 0 Å². The molecule has 1 atom stereocenters. The van der Waals surface area contributed by atoms with Crippen molar-refractivity contribution in [3.05, 3.63) is 89.4 Å². The molecular weight excluding hydrogens is 382 g/mol. The van der Waals surface area contributed by atoms with Crippen LogP contribution in [0, 0.1) is 6.92 Å². The zero-order valence-corrected chi connectivity index (χ0v) is 17.9.